The summed E-state index contributed by atoms with van der Waals surface area (Å²) in [5, 5.41) is 3.69. The molecule has 2 heterocycles. The lowest BCUT2D eigenvalue weighted by molar-refractivity contribution is 0.471. The highest BCUT2D eigenvalue weighted by Crippen LogP contribution is 2.26. The molecule has 0 aliphatic heterocycles. The van der Waals surface area contributed by atoms with Crippen LogP contribution in [0.25, 0.3) is 11.4 Å². The van der Waals surface area contributed by atoms with Gasteiger partial charge in [0.25, 0.3) is 0 Å². The maximum Gasteiger partial charge on any atom is 0.0907 e. The van der Waals surface area contributed by atoms with Gasteiger partial charge in [-0.3, -0.25) is 15.0 Å². The van der Waals surface area contributed by atoms with Gasteiger partial charge < -0.3 is 5.32 Å². The highest BCUT2D eigenvalue weighted by atomic mass is 15.0. The summed E-state index contributed by atoms with van der Waals surface area (Å²) in [7, 11) is 0. The molecule has 2 aromatic heterocycles. The number of pyridine rings is 2. The molecular formula is C22H22N4. The van der Waals surface area contributed by atoms with Gasteiger partial charge in [-0.15, -0.1) is 0 Å². The Morgan fingerprint density at radius 1 is 0.962 bits per heavy atom. The molecule has 4 nitrogen and oxygen atoms in total. The third-order valence-corrected chi connectivity index (χ3v) is 4.79. The smallest absolute Gasteiger partial charge is 0.0907 e. The van der Waals surface area contributed by atoms with Crippen LogP contribution in [0.3, 0.4) is 0 Å². The van der Waals surface area contributed by atoms with Crippen LogP contribution >= 0.6 is 0 Å². The fraction of sp³-hybridized carbons (Fsp3) is 0.227. The minimum atomic E-state index is 0.313. The Balaban J connectivity index is 1.48. The van der Waals surface area contributed by atoms with Crippen molar-refractivity contribution in [2.24, 2.45) is 4.99 Å². The minimum absolute atomic E-state index is 0.313. The predicted octanol–water partition coefficient (Wildman–Crippen LogP) is 4.73. The van der Waals surface area contributed by atoms with Gasteiger partial charge in [0.15, 0.2) is 0 Å². The normalized spacial score (nSPS) is 19.1. The van der Waals surface area contributed by atoms with Crippen molar-refractivity contribution < 1.29 is 0 Å². The number of aromatic nitrogens is 2. The third-order valence-electron chi connectivity index (χ3n) is 4.79. The molecule has 1 aliphatic rings. The molecule has 1 N–H and O–H groups in total. The largest absolute Gasteiger partial charge is 0.302 e. The lowest BCUT2D eigenvalue weighted by Crippen LogP contribution is -2.45. The van der Waals surface area contributed by atoms with E-state index in [0.29, 0.717) is 12.1 Å². The van der Waals surface area contributed by atoms with E-state index in [1.807, 2.05) is 30.3 Å². The number of rotatable bonds is 5. The van der Waals surface area contributed by atoms with Crippen molar-refractivity contribution in [1.29, 1.82) is 0 Å². The van der Waals surface area contributed by atoms with Crippen molar-refractivity contribution in [2.75, 3.05) is 0 Å². The second-order valence-electron chi connectivity index (χ2n) is 6.61. The Morgan fingerprint density at radius 2 is 1.77 bits per heavy atom. The molecule has 0 bridgehead atoms. The van der Waals surface area contributed by atoms with Crippen LogP contribution in [-0.4, -0.2) is 21.7 Å². The lowest BCUT2D eigenvalue weighted by atomic mass is 9.88. The van der Waals surface area contributed by atoms with Crippen LogP contribution in [0.1, 0.15) is 31.4 Å². The molecule has 0 spiro atoms. The van der Waals surface area contributed by atoms with E-state index in [2.05, 4.69) is 52.5 Å². The zero-order valence-corrected chi connectivity index (χ0v) is 14.8. The molecule has 1 fully saturated rings. The first-order chi connectivity index (χ1) is 12.8. The molecule has 0 saturated heterocycles. The summed E-state index contributed by atoms with van der Waals surface area (Å²) in [4.78, 5) is 13.7. The number of nitrogens with one attached hydrogen (secondary N) is 1. The van der Waals surface area contributed by atoms with Crippen LogP contribution in [0.5, 0.6) is 0 Å². The van der Waals surface area contributed by atoms with Crippen LogP contribution in [0, 0.1) is 0 Å². The summed E-state index contributed by atoms with van der Waals surface area (Å²) < 4.78 is 0. The summed E-state index contributed by atoms with van der Waals surface area (Å²) in [6.45, 7) is 2.21. The maximum absolute atomic E-state index is 4.87. The summed E-state index contributed by atoms with van der Waals surface area (Å²) in [6.07, 6.45) is 5.76. The van der Waals surface area contributed by atoms with Gasteiger partial charge in [-0.2, -0.15) is 0 Å². The van der Waals surface area contributed by atoms with Gasteiger partial charge in [0.05, 0.1) is 17.1 Å². The zero-order chi connectivity index (χ0) is 17.8. The Bertz CT molecular complexity index is 890. The average molecular weight is 342 g/mol. The maximum atomic E-state index is 4.87. The van der Waals surface area contributed by atoms with Crippen molar-refractivity contribution in [2.45, 2.75) is 31.8 Å². The number of hydrogen-bond acceptors (Lipinski definition) is 4. The highest BCUT2D eigenvalue weighted by Gasteiger charge is 2.27. The molecule has 1 aromatic carbocycles. The quantitative estimate of drug-likeness (QED) is 0.729. The number of nitrogens with zero attached hydrogens (tertiary/aromatic N) is 3. The molecule has 4 heteroatoms. The Kier molecular flexibility index (Phi) is 4.84. The highest BCUT2D eigenvalue weighted by molar-refractivity contribution is 5.96. The van der Waals surface area contributed by atoms with Gasteiger partial charge in [0, 0.05) is 30.2 Å². The Morgan fingerprint density at radius 3 is 2.50 bits per heavy atom. The number of aliphatic imine (C=N–C) groups is 1. The van der Waals surface area contributed by atoms with Crippen LogP contribution in [-0.2, 0) is 0 Å². The van der Waals surface area contributed by atoms with Gasteiger partial charge in [0.2, 0.25) is 0 Å². The molecule has 1 saturated carbocycles. The molecular weight excluding hydrogens is 320 g/mol. The topological polar surface area (TPSA) is 50.2 Å². The van der Waals surface area contributed by atoms with E-state index in [-0.39, 0.29) is 0 Å². The standard InChI is InChI=1S/C22H22N4/c1-16(17-7-3-2-4-8-17)25-20-10-11-21(20)26-18-12-14-24-22(15-18)19-9-5-6-13-23-19/h2-9,12-16,20,25H,10-11H2,1H3/t16-,20?/m1/s1. The van der Waals surface area contributed by atoms with E-state index in [1.165, 1.54) is 11.3 Å². The van der Waals surface area contributed by atoms with Crippen molar-refractivity contribution in [3.63, 3.8) is 0 Å². The van der Waals surface area contributed by atoms with E-state index < -0.39 is 0 Å². The molecule has 26 heavy (non-hydrogen) atoms. The molecule has 1 unspecified atom stereocenters. The number of hydrogen-bond donors (Lipinski definition) is 1. The van der Waals surface area contributed by atoms with Gasteiger partial charge in [-0.1, -0.05) is 36.4 Å². The Labute approximate surface area is 154 Å². The molecule has 2 atom stereocenters. The van der Waals surface area contributed by atoms with Crippen LogP contribution in [0.4, 0.5) is 5.69 Å². The summed E-state index contributed by atoms with van der Waals surface area (Å²) >= 11 is 0. The van der Waals surface area contributed by atoms with Crippen molar-refractivity contribution in [1.82, 2.24) is 15.3 Å². The zero-order valence-electron chi connectivity index (χ0n) is 14.8. The first-order valence-electron chi connectivity index (χ1n) is 9.05. The minimum Gasteiger partial charge on any atom is -0.302 e. The number of benzene rings is 1. The monoisotopic (exact) mass is 342 g/mol. The van der Waals surface area contributed by atoms with Gasteiger partial charge >= 0.3 is 0 Å². The van der Waals surface area contributed by atoms with E-state index >= 15 is 0 Å². The lowest BCUT2D eigenvalue weighted by Gasteiger charge is -2.32. The van der Waals surface area contributed by atoms with Gasteiger partial charge in [-0.05, 0) is 49.6 Å². The predicted molar refractivity (Wildman–Crippen MR) is 106 cm³/mol. The van der Waals surface area contributed by atoms with Gasteiger partial charge in [-0.25, -0.2) is 0 Å². The Hall–Kier alpha value is -2.85. The van der Waals surface area contributed by atoms with E-state index in [0.717, 1.165) is 29.9 Å². The van der Waals surface area contributed by atoms with E-state index in [4.69, 9.17) is 4.99 Å². The van der Waals surface area contributed by atoms with Crippen LogP contribution in [0.15, 0.2) is 78.0 Å². The van der Waals surface area contributed by atoms with Crippen LogP contribution in [0.2, 0.25) is 0 Å². The van der Waals surface area contributed by atoms with Crippen molar-refractivity contribution >= 4 is 11.4 Å². The van der Waals surface area contributed by atoms with Crippen molar-refractivity contribution in [3.8, 4) is 11.4 Å². The molecule has 0 radical (unpaired) electrons. The first kappa shape index (κ1) is 16.6. The molecule has 3 aromatic rings. The summed E-state index contributed by atoms with van der Waals surface area (Å²) in [6, 6.07) is 21.0. The second-order valence-corrected chi connectivity index (χ2v) is 6.61. The molecule has 4 rings (SSSR count). The average Bonchev–Trinajstić information content (AvgIpc) is 2.71. The first-order valence-corrected chi connectivity index (χ1v) is 9.05. The molecule has 1 aliphatic carbocycles. The van der Waals surface area contributed by atoms with Gasteiger partial charge in [0.1, 0.15) is 0 Å². The van der Waals surface area contributed by atoms with E-state index in [1.54, 1.807) is 12.4 Å². The molecule has 0 amide bonds. The van der Waals surface area contributed by atoms with Crippen molar-refractivity contribution in [3.05, 3.63) is 78.6 Å². The SMILES string of the molecule is C[C@@H](NC1CCC1=Nc1ccnc(-c2ccccn2)c1)c1ccccc1. The third kappa shape index (κ3) is 3.70. The molecule has 130 valence electrons. The van der Waals surface area contributed by atoms with Crippen LogP contribution < -0.4 is 5.32 Å². The fourth-order valence-corrected chi connectivity index (χ4v) is 3.18. The summed E-state index contributed by atoms with van der Waals surface area (Å²) in [5.41, 5.74) is 5.19. The van der Waals surface area contributed by atoms with E-state index in [9.17, 15) is 0 Å². The second kappa shape index (κ2) is 7.58. The summed E-state index contributed by atoms with van der Waals surface area (Å²) in [5.74, 6) is 0. The fourth-order valence-electron chi connectivity index (χ4n) is 3.18.